The number of aryl methyl sites for hydroxylation is 1. The van der Waals surface area contributed by atoms with Gasteiger partial charge in [0.2, 0.25) is 5.95 Å². The van der Waals surface area contributed by atoms with Gasteiger partial charge in [0.15, 0.2) is 5.65 Å². The van der Waals surface area contributed by atoms with Gasteiger partial charge >= 0.3 is 0 Å². The molecule has 2 unspecified atom stereocenters. The minimum atomic E-state index is -3.49. The number of benzene rings is 2. The summed E-state index contributed by atoms with van der Waals surface area (Å²) in [5.74, 6) is 1.24. The van der Waals surface area contributed by atoms with Crippen molar-refractivity contribution in [2.24, 2.45) is 0 Å². The van der Waals surface area contributed by atoms with Crippen LogP contribution in [0.2, 0.25) is 10.0 Å². The van der Waals surface area contributed by atoms with Gasteiger partial charge < -0.3 is 4.90 Å². The summed E-state index contributed by atoms with van der Waals surface area (Å²) in [4.78, 5) is 11.7. The first-order chi connectivity index (χ1) is 17.6. The molecule has 2 bridgehead atoms. The second-order valence-electron chi connectivity index (χ2n) is 9.57. The maximum absolute atomic E-state index is 12.8. The minimum absolute atomic E-state index is 0.0100. The van der Waals surface area contributed by atoms with Crippen LogP contribution in [0.25, 0.3) is 28.0 Å². The molecule has 0 spiro atoms. The highest BCUT2D eigenvalue weighted by molar-refractivity contribution is 7.86. The zero-order valence-corrected chi connectivity index (χ0v) is 22.8. The van der Waals surface area contributed by atoms with Gasteiger partial charge in [-0.25, -0.2) is 4.98 Å². The summed E-state index contributed by atoms with van der Waals surface area (Å²) in [5, 5.41) is 6.22. The first-order valence-corrected chi connectivity index (χ1v) is 14.0. The van der Waals surface area contributed by atoms with Crippen molar-refractivity contribution in [2.75, 3.05) is 32.1 Å². The topological polar surface area (TPSA) is 86.9 Å². The molecule has 4 aromatic rings. The lowest BCUT2D eigenvalue weighted by Crippen LogP contribution is -2.52. The molecule has 2 aromatic heterocycles. The lowest BCUT2D eigenvalue weighted by molar-refractivity contribution is 0.339. The second kappa shape index (κ2) is 8.92. The molecule has 2 saturated heterocycles. The number of nitrogens with zero attached hydrogens (tertiary/aromatic N) is 7. The Balaban J connectivity index is 1.51. The zero-order chi connectivity index (χ0) is 26.1. The number of hydrogen-bond acceptors (Lipinski definition) is 6. The lowest BCUT2D eigenvalue weighted by atomic mass is 10.0. The number of piperazine rings is 1. The Kier molecular flexibility index (Phi) is 5.92. The van der Waals surface area contributed by atoms with Crippen LogP contribution in [0.3, 0.4) is 0 Å². The molecule has 192 valence electrons. The van der Waals surface area contributed by atoms with Crippen LogP contribution in [0.4, 0.5) is 5.95 Å². The van der Waals surface area contributed by atoms with Crippen molar-refractivity contribution >= 4 is 45.0 Å². The van der Waals surface area contributed by atoms with E-state index in [4.69, 9.17) is 38.3 Å². The van der Waals surface area contributed by atoms with Gasteiger partial charge in [0.25, 0.3) is 10.2 Å². The normalized spacial score (nSPS) is 20.0. The van der Waals surface area contributed by atoms with Crippen LogP contribution in [-0.4, -0.2) is 75.9 Å². The predicted octanol–water partition coefficient (Wildman–Crippen LogP) is 4.14. The number of halogens is 2. The van der Waals surface area contributed by atoms with Gasteiger partial charge in [-0.05, 0) is 37.1 Å². The highest BCUT2D eigenvalue weighted by atomic mass is 35.5. The molecule has 0 amide bonds. The van der Waals surface area contributed by atoms with Crippen molar-refractivity contribution in [2.45, 2.75) is 25.4 Å². The maximum atomic E-state index is 12.8. The van der Waals surface area contributed by atoms with E-state index in [-0.39, 0.29) is 12.1 Å². The molecular weight excluding hydrogens is 533 g/mol. The van der Waals surface area contributed by atoms with Crippen LogP contribution in [0.5, 0.6) is 0 Å². The largest absolute Gasteiger partial charge is 0.335 e. The Bertz CT molecular complexity index is 1620. The summed E-state index contributed by atoms with van der Waals surface area (Å²) in [7, 11) is -0.359. The lowest BCUT2D eigenvalue weighted by Gasteiger charge is -2.35. The SMILES string of the molecule is Cc1nc(N2CC3CC2CN3S(=O)(=O)N(C)C)n2nc(-c3ccccc3Cl)c(-c3ccc(Cl)cc3)c2n1. The van der Waals surface area contributed by atoms with Gasteiger partial charge in [0, 0.05) is 49.9 Å². The molecule has 2 atom stereocenters. The second-order valence-corrected chi connectivity index (χ2v) is 12.5. The summed E-state index contributed by atoms with van der Waals surface area (Å²) in [5.41, 5.74) is 3.87. The molecule has 0 saturated carbocycles. The molecule has 0 aliphatic carbocycles. The molecule has 37 heavy (non-hydrogen) atoms. The molecule has 6 rings (SSSR count). The molecule has 2 aromatic carbocycles. The summed E-state index contributed by atoms with van der Waals surface area (Å²) in [6, 6.07) is 15.0. The number of aromatic nitrogens is 4. The van der Waals surface area contributed by atoms with Crippen molar-refractivity contribution in [3.63, 3.8) is 0 Å². The molecule has 2 fully saturated rings. The fourth-order valence-corrected chi connectivity index (χ4v) is 6.96. The van der Waals surface area contributed by atoms with E-state index in [1.54, 1.807) is 22.9 Å². The fourth-order valence-electron chi connectivity index (χ4n) is 5.30. The van der Waals surface area contributed by atoms with E-state index in [9.17, 15) is 8.42 Å². The Labute approximate surface area is 225 Å². The summed E-state index contributed by atoms with van der Waals surface area (Å²) < 4.78 is 30.3. The third-order valence-corrected chi connectivity index (χ3v) is 9.59. The number of rotatable bonds is 5. The van der Waals surface area contributed by atoms with Crippen molar-refractivity contribution < 1.29 is 8.42 Å². The van der Waals surface area contributed by atoms with Crippen molar-refractivity contribution in [3.8, 4) is 22.4 Å². The minimum Gasteiger partial charge on any atom is -0.335 e. The predicted molar refractivity (Wildman–Crippen MR) is 145 cm³/mol. The molecule has 4 heterocycles. The average Bonchev–Trinajstić information content (AvgIpc) is 3.57. The van der Waals surface area contributed by atoms with Gasteiger partial charge in [0.05, 0.1) is 10.6 Å². The van der Waals surface area contributed by atoms with Crippen LogP contribution in [0.15, 0.2) is 48.5 Å². The molecule has 0 radical (unpaired) electrons. The molecule has 2 aliphatic heterocycles. The van der Waals surface area contributed by atoms with Crippen LogP contribution in [0, 0.1) is 6.92 Å². The Morgan fingerprint density at radius 3 is 2.35 bits per heavy atom. The van der Waals surface area contributed by atoms with Crippen LogP contribution in [0.1, 0.15) is 12.2 Å². The highest BCUT2D eigenvalue weighted by Gasteiger charge is 2.50. The van der Waals surface area contributed by atoms with Gasteiger partial charge in [-0.3, -0.25) is 0 Å². The van der Waals surface area contributed by atoms with E-state index < -0.39 is 10.2 Å². The first-order valence-electron chi connectivity index (χ1n) is 11.9. The number of hydrogen-bond donors (Lipinski definition) is 0. The van der Waals surface area contributed by atoms with E-state index in [1.165, 1.54) is 4.31 Å². The van der Waals surface area contributed by atoms with Crippen molar-refractivity contribution in [1.29, 1.82) is 0 Å². The third-order valence-electron chi connectivity index (χ3n) is 7.05. The Hall–Kier alpha value is -2.76. The number of fused-ring (bicyclic) bond motifs is 3. The van der Waals surface area contributed by atoms with Crippen LogP contribution in [-0.2, 0) is 10.2 Å². The maximum Gasteiger partial charge on any atom is 0.281 e. The van der Waals surface area contributed by atoms with Crippen molar-refractivity contribution in [3.05, 3.63) is 64.4 Å². The van der Waals surface area contributed by atoms with E-state index in [0.29, 0.717) is 46.2 Å². The summed E-state index contributed by atoms with van der Waals surface area (Å²) >= 11 is 12.8. The molecule has 2 aliphatic rings. The average molecular weight is 558 g/mol. The molecule has 12 heteroatoms. The van der Waals surface area contributed by atoms with Crippen LogP contribution < -0.4 is 4.90 Å². The zero-order valence-electron chi connectivity index (χ0n) is 20.5. The van der Waals surface area contributed by atoms with Gasteiger partial charge in [-0.1, -0.05) is 53.5 Å². The summed E-state index contributed by atoms with van der Waals surface area (Å²) in [6.07, 6.45) is 0.736. The standard InChI is InChI=1S/C25H25Cl2N7O2S/c1-15-28-24-22(16-8-10-17(26)11-9-16)23(20-6-4-5-7-21(20)27)30-34(24)25(29-15)32-13-19-12-18(32)14-33(19)37(35,36)31(2)3/h4-11,18-19H,12-14H2,1-3H3. The first kappa shape index (κ1) is 24.6. The van der Waals surface area contributed by atoms with E-state index in [0.717, 1.165) is 23.1 Å². The highest BCUT2D eigenvalue weighted by Crippen LogP contribution is 2.41. The monoisotopic (exact) mass is 557 g/mol. The number of anilines is 1. The third kappa shape index (κ3) is 3.98. The van der Waals surface area contributed by atoms with Gasteiger partial charge in [0.1, 0.15) is 11.5 Å². The molecular formula is C25H25Cl2N7O2S. The Morgan fingerprint density at radius 1 is 0.973 bits per heavy atom. The smallest absolute Gasteiger partial charge is 0.281 e. The summed E-state index contributed by atoms with van der Waals surface area (Å²) in [6.45, 7) is 2.79. The molecule has 9 nitrogen and oxygen atoms in total. The van der Waals surface area contributed by atoms with E-state index in [1.807, 2.05) is 55.5 Å². The fraction of sp³-hybridized carbons (Fsp3) is 0.320. The molecule has 0 N–H and O–H groups in total. The van der Waals surface area contributed by atoms with Gasteiger partial charge in [-0.15, -0.1) is 0 Å². The van der Waals surface area contributed by atoms with Crippen molar-refractivity contribution in [1.82, 2.24) is 28.2 Å². The Morgan fingerprint density at radius 2 is 1.70 bits per heavy atom. The van der Waals surface area contributed by atoms with Gasteiger partial charge in [-0.2, -0.15) is 31.6 Å². The van der Waals surface area contributed by atoms with E-state index in [2.05, 4.69) is 4.90 Å². The van der Waals surface area contributed by atoms with E-state index >= 15 is 0 Å². The quantitative estimate of drug-likeness (QED) is 0.366. The van der Waals surface area contributed by atoms with Crippen LogP contribution >= 0.6 is 23.2 Å².